The van der Waals surface area contributed by atoms with E-state index < -0.39 is 0 Å². The van der Waals surface area contributed by atoms with Crippen molar-refractivity contribution in [2.24, 2.45) is 5.92 Å². The van der Waals surface area contributed by atoms with Gasteiger partial charge in [0.2, 0.25) is 0 Å². The van der Waals surface area contributed by atoms with Crippen LogP contribution < -0.4 is 5.32 Å². The summed E-state index contributed by atoms with van der Waals surface area (Å²) in [6.07, 6.45) is 4.48. The van der Waals surface area contributed by atoms with Crippen molar-refractivity contribution in [2.45, 2.75) is 25.7 Å². The molecule has 1 aromatic heterocycles. The average Bonchev–Trinajstić information content (AvgIpc) is 2.70. The number of rotatable bonds is 2. The van der Waals surface area contributed by atoms with E-state index in [2.05, 4.69) is 22.7 Å². The number of hydrogen-bond donors (Lipinski definition) is 1. The highest BCUT2D eigenvalue weighted by Crippen LogP contribution is 2.33. The lowest BCUT2D eigenvalue weighted by Gasteiger charge is -2.30. The van der Waals surface area contributed by atoms with Crippen molar-refractivity contribution in [1.82, 2.24) is 9.69 Å². The maximum absolute atomic E-state index is 4.19. The molecule has 72 valence electrons. The minimum Gasteiger partial charge on any atom is -0.316 e. The molecule has 0 spiro atoms. The van der Waals surface area contributed by atoms with E-state index in [4.69, 9.17) is 0 Å². The average molecular weight is 196 g/mol. The molecule has 0 aliphatic carbocycles. The molecule has 1 aliphatic rings. The molecule has 3 heteroatoms. The molecule has 2 atom stereocenters. The van der Waals surface area contributed by atoms with E-state index in [9.17, 15) is 0 Å². The molecule has 1 N–H and O–H groups in total. The van der Waals surface area contributed by atoms with Gasteiger partial charge in [-0.2, -0.15) is 0 Å². The van der Waals surface area contributed by atoms with Crippen LogP contribution in [0, 0.1) is 5.92 Å². The normalized spacial score (nSPS) is 29.0. The monoisotopic (exact) mass is 196 g/mol. The number of nitrogens with one attached hydrogen (secondary N) is 1. The van der Waals surface area contributed by atoms with E-state index in [1.165, 1.54) is 30.8 Å². The molecule has 1 saturated heterocycles. The fourth-order valence-corrected chi connectivity index (χ4v) is 2.95. The zero-order valence-corrected chi connectivity index (χ0v) is 8.81. The summed E-state index contributed by atoms with van der Waals surface area (Å²) in [4.78, 5) is 1.48. The largest absolute Gasteiger partial charge is 0.316 e. The lowest BCUT2D eigenvalue weighted by atomic mass is 9.84. The summed E-state index contributed by atoms with van der Waals surface area (Å²) in [6.45, 7) is 4.63. The van der Waals surface area contributed by atoms with Crippen LogP contribution in [0.1, 0.15) is 30.6 Å². The molecule has 0 radical (unpaired) electrons. The van der Waals surface area contributed by atoms with Gasteiger partial charge in [0, 0.05) is 17.0 Å². The van der Waals surface area contributed by atoms with Gasteiger partial charge < -0.3 is 5.32 Å². The summed E-state index contributed by atoms with van der Waals surface area (Å²) in [5, 5.41) is 3.46. The highest BCUT2D eigenvalue weighted by Gasteiger charge is 2.25. The number of hydrogen-bond acceptors (Lipinski definition) is 3. The van der Waals surface area contributed by atoms with Crippen LogP contribution in [0.25, 0.3) is 0 Å². The number of piperidine rings is 1. The van der Waals surface area contributed by atoms with Gasteiger partial charge in [0.25, 0.3) is 0 Å². The molecule has 0 aromatic carbocycles. The molecule has 2 heterocycles. The quantitative estimate of drug-likeness (QED) is 0.784. The summed E-state index contributed by atoms with van der Waals surface area (Å²) >= 11 is 1.67. The van der Waals surface area contributed by atoms with E-state index >= 15 is 0 Å². The first-order valence-corrected chi connectivity index (χ1v) is 5.80. The van der Waals surface area contributed by atoms with Gasteiger partial charge in [0.05, 0.1) is 0 Å². The van der Waals surface area contributed by atoms with Crippen molar-refractivity contribution >= 4 is 11.5 Å². The van der Waals surface area contributed by atoms with Crippen LogP contribution in [0.2, 0.25) is 0 Å². The van der Waals surface area contributed by atoms with E-state index in [1.54, 1.807) is 11.5 Å². The second-order valence-electron chi connectivity index (χ2n) is 3.68. The molecular formula is C10H16N2S. The van der Waals surface area contributed by atoms with Crippen molar-refractivity contribution in [3.05, 3.63) is 17.1 Å². The summed E-state index contributed by atoms with van der Waals surface area (Å²) in [5.41, 5.74) is 0. The maximum Gasteiger partial charge on any atom is 0.0409 e. The van der Waals surface area contributed by atoms with Crippen molar-refractivity contribution in [3.8, 4) is 0 Å². The van der Waals surface area contributed by atoms with Crippen LogP contribution >= 0.6 is 11.5 Å². The maximum atomic E-state index is 4.19. The third kappa shape index (κ3) is 1.92. The molecule has 1 aliphatic heterocycles. The Balaban J connectivity index is 2.11. The van der Waals surface area contributed by atoms with Gasteiger partial charge >= 0.3 is 0 Å². The van der Waals surface area contributed by atoms with E-state index in [0.717, 1.165) is 11.8 Å². The summed E-state index contributed by atoms with van der Waals surface area (Å²) < 4.78 is 4.19. The second kappa shape index (κ2) is 4.20. The molecule has 2 unspecified atom stereocenters. The Bertz CT molecular complexity index is 245. The van der Waals surface area contributed by atoms with Crippen molar-refractivity contribution in [1.29, 1.82) is 0 Å². The van der Waals surface area contributed by atoms with Gasteiger partial charge in [-0.15, -0.1) is 0 Å². The van der Waals surface area contributed by atoms with Crippen molar-refractivity contribution in [3.63, 3.8) is 0 Å². The first-order chi connectivity index (χ1) is 6.42. The fourth-order valence-electron chi connectivity index (χ4n) is 2.14. The topological polar surface area (TPSA) is 24.9 Å². The Hall–Kier alpha value is -0.410. The Labute approximate surface area is 83.5 Å². The third-order valence-electron chi connectivity index (χ3n) is 2.96. The molecule has 0 bridgehead atoms. The first kappa shape index (κ1) is 9.16. The summed E-state index contributed by atoms with van der Waals surface area (Å²) in [7, 11) is 0. The zero-order valence-electron chi connectivity index (χ0n) is 7.99. The van der Waals surface area contributed by atoms with E-state index in [-0.39, 0.29) is 0 Å². The van der Waals surface area contributed by atoms with Gasteiger partial charge in [-0.25, -0.2) is 4.37 Å². The Morgan fingerprint density at radius 2 is 2.62 bits per heavy atom. The van der Waals surface area contributed by atoms with Gasteiger partial charge in [0.1, 0.15) is 0 Å². The van der Waals surface area contributed by atoms with Crippen LogP contribution in [-0.2, 0) is 0 Å². The molecular weight excluding hydrogens is 180 g/mol. The van der Waals surface area contributed by atoms with Crippen LogP contribution in [0.4, 0.5) is 0 Å². The Morgan fingerprint density at radius 1 is 1.69 bits per heavy atom. The second-order valence-corrected chi connectivity index (χ2v) is 4.55. The summed E-state index contributed by atoms with van der Waals surface area (Å²) in [6, 6.07) is 2.18. The predicted molar refractivity (Wildman–Crippen MR) is 56.1 cm³/mol. The van der Waals surface area contributed by atoms with Gasteiger partial charge in [-0.3, -0.25) is 0 Å². The number of nitrogens with zero attached hydrogens (tertiary/aromatic N) is 1. The lowest BCUT2D eigenvalue weighted by Crippen LogP contribution is -2.34. The Morgan fingerprint density at radius 3 is 3.31 bits per heavy atom. The van der Waals surface area contributed by atoms with Crippen LogP contribution in [0.3, 0.4) is 0 Å². The molecule has 0 amide bonds. The minimum absolute atomic E-state index is 0.763. The van der Waals surface area contributed by atoms with E-state index in [1.807, 2.05) is 6.20 Å². The molecule has 0 saturated carbocycles. The number of aromatic nitrogens is 1. The highest BCUT2D eigenvalue weighted by molar-refractivity contribution is 7.05. The van der Waals surface area contributed by atoms with Gasteiger partial charge in [-0.1, -0.05) is 13.3 Å². The third-order valence-corrected chi connectivity index (χ3v) is 3.83. The van der Waals surface area contributed by atoms with Crippen molar-refractivity contribution in [2.75, 3.05) is 13.1 Å². The summed E-state index contributed by atoms with van der Waals surface area (Å²) in [5.74, 6) is 1.58. The highest BCUT2D eigenvalue weighted by atomic mass is 32.1. The zero-order chi connectivity index (χ0) is 9.10. The van der Waals surface area contributed by atoms with Crippen molar-refractivity contribution < 1.29 is 0 Å². The Kier molecular flexibility index (Phi) is 2.96. The minimum atomic E-state index is 0.763. The molecule has 1 aromatic rings. The van der Waals surface area contributed by atoms with E-state index in [0.29, 0.717) is 0 Å². The SMILES string of the molecule is CCC1CNCCC1c1ccns1. The standard InChI is InChI=1S/C10H16N2S/c1-2-8-7-11-5-3-9(8)10-4-6-12-13-10/h4,6,8-9,11H,2-3,5,7H2,1H3. The van der Waals surface area contributed by atoms with Crippen LogP contribution in [0.5, 0.6) is 0 Å². The van der Waals surface area contributed by atoms with Crippen LogP contribution in [-0.4, -0.2) is 17.5 Å². The molecule has 13 heavy (non-hydrogen) atoms. The smallest absolute Gasteiger partial charge is 0.0409 e. The molecule has 2 nitrogen and oxygen atoms in total. The van der Waals surface area contributed by atoms with Gasteiger partial charge in [-0.05, 0) is 43.0 Å². The predicted octanol–water partition coefficient (Wildman–Crippen LogP) is 2.25. The molecule has 2 rings (SSSR count). The first-order valence-electron chi connectivity index (χ1n) is 5.03. The van der Waals surface area contributed by atoms with Crippen LogP contribution in [0.15, 0.2) is 12.3 Å². The van der Waals surface area contributed by atoms with Gasteiger partial charge in [0.15, 0.2) is 0 Å². The fraction of sp³-hybridized carbons (Fsp3) is 0.700. The molecule has 1 fully saturated rings. The lowest BCUT2D eigenvalue weighted by molar-refractivity contribution is 0.321.